The molecule has 0 aromatic heterocycles. The zero-order chi connectivity index (χ0) is 34.5. The zero-order valence-electron chi connectivity index (χ0n) is 27.7. The Morgan fingerprint density at radius 3 is 2.45 bits per heavy atom. The summed E-state index contributed by atoms with van der Waals surface area (Å²) < 4.78 is 13.4. The van der Waals surface area contributed by atoms with Gasteiger partial charge in [0.25, 0.3) is 0 Å². The standard InChI is InChI=1S/C38H44BrN3O7/c1-2-3-12-19-41-20-13-6-11-18-30(44)40-23-29(26-16-9-5-10-17-26)48-37(47)31-32-35(45)42(27(24-43)21-25-14-7-4-8-15-25)34(36(41)46)38(32)22-28(39)33(31)49-38/h4-10,13-17,22,27,29,31-34,43H,2-3,11-12,18-21,23-24H2,1H3,(H,40,44)/b13-6-/t27-,29-,31-,32+,33-,34-,38+/m1/s1. The van der Waals surface area contributed by atoms with Crippen LogP contribution in [0.4, 0.5) is 0 Å². The molecule has 1 spiro atoms. The van der Waals surface area contributed by atoms with Gasteiger partial charge in [0, 0.05) is 24.0 Å². The van der Waals surface area contributed by atoms with Gasteiger partial charge in [-0.25, -0.2) is 0 Å². The number of hydrogen-bond acceptors (Lipinski definition) is 7. The second-order valence-corrected chi connectivity index (χ2v) is 14.2. The van der Waals surface area contributed by atoms with Crippen LogP contribution in [-0.4, -0.2) is 88.6 Å². The molecule has 6 rings (SSSR count). The summed E-state index contributed by atoms with van der Waals surface area (Å²) in [5.41, 5.74) is 0.140. The van der Waals surface area contributed by atoms with Gasteiger partial charge < -0.3 is 29.7 Å². The summed E-state index contributed by atoms with van der Waals surface area (Å²) in [6, 6.07) is 16.8. The molecule has 260 valence electrons. The topological polar surface area (TPSA) is 125 Å². The molecule has 4 heterocycles. The lowest BCUT2D eigenvalue weighted by molar-refractivity contribution is -0.160. The molecule has 0 radical (unpaired) electrons. The molecule has 4 aliphatic rings. The largest absolute Gasteiger partial charge is 0.455 e. The number of nitrogens with one attached hydrogen (secondary N) is 1. The molecular formula is C38H44BrN3O7. The highest BCUT2D eigenvalue weighted by Crippen LogP contribution is 2.59. The number of fused-ring (bicyclic) bond motifs is 2. The number of cyclic esters (lactones) is 1. The van der Waals surface area contributed by atoms with Gasteiger partial charge in [-0.3, -0.25) is 19.2 Å². The van der Waals surface area contributed by atoms with Crippen LogP contribution in [0.3, 0.4) is 0 Å². The Balaban J connectivity index is 1.44. The number of ether oxygens (including phenoxy) is 2. The Kier molecular flexibility index (Phi) is 11.0. The maximum atomic E-state index is 14.9. The van der Waals surface area contributed by atoms with E-state index in [1.165, 1.54) is 4.90 Å². The summed E-state index contributed by atoms with van der Waals surface area (Å²) in [5.74, 6) is -3.69. The molecule has 2 fully saturated rings. The van der Waals surface area contributed by atoms with Gasteiger partial charge in [0.05, 0.1) is 25.1 Å². The van der Waals surface area contributed by atoms with Crippen LogP contribution < -0.4 is 5.32 Å². The van der Waals surface area contributed by atoms with Gasteiger partial charge in [-0.2, -0.15) is 0 Å². The Morgan fingerprint density at radius 2 is 1.73 bits per heavy atom. The van der Waals surface area contributed by atoms with Crippen LogP contribution in [0.25, 0.3) is 0 Å². The van der Waals surface area contributed by atoms with E-state index in [-0.39, 0.29) is 37.9 Å². The summed E-state index contributed by atoms with van der Waals surface area (Å²) in [7, 11) is 0. The van der Waals surface area contributed by atoms with Crippen LogP contribution >= 0.6 is 15.9 Å². The molecule has 4 aliphatic heterocycles. The highest BCUT2D eigenvalue weighted by atomic mass is 79.9. The van der Waals surface area contributed by atoms with E-state index in [4.69, 9.17) is 9.47 Å². The van der Waals surface area contributed by atoms with Gasteiger partial charge in [0.1, 0.15) is 29.8 Å². The Bertz CT molecular complexity index is 1580. The van der Waals surface area contributed by atoms with Crippen molar-refractivity contribution < 1.29 is 33.8 Å². The molecule has 11 heteroatoms. The number of rotatable bonds is 9. The molecule has 0 unspecified atom stereocenters. The van der Waals surface area contributed by atoms with E-state index in [1.807, 2.05) is 72.8 Å². The van der Waals surface area contributed by atoms with E-state index in [0.29, 0.717) is 29.4 Å². The molecule has 2 saturated heterocycles. The van der Waals surface area contributed by atoms with Crippen molar-refractivity contribution in [1.29, 1.82) is 0 Å². The van der Waals surface area contributed by atoms with Gasteiger partial charge >= 0.3 is 5.97 Å². The Morgan fingerprint density at radius 1 is 1.00 bits per heavy atom. The number of nitrogens with zero attached hydrogens (tertiary/aromatic N) is 2. The van der Waals surface area contributed by atoms with Crippen LogP contribution in [0, 0.1) is 11.8 Å². The average Bonchev–Trinajstić information content (AvgIpc) is 3.71. The van der Waals surface area contributed by atoms with E-state index in [0.717, 1.165) is 24.8 Å². The second-order valence-electron chi connectivity index (χ2n) is 13.2. The highest BCUT2D eigenvalue weighted by Gasteiger charge is 2.75. The highest BCUT2D eigenvalue weighted by molar-refractivity contribution is 9.11. The number of carbonyl (C=O) groups is 4. The van der Waals surface area contributed by atoms with Crippen LogP contribution in [0.5, 0.6) is 0 Å². The van der Waals surface area contributed by atoms with Crippen molar-refractivity contribution in [2.45, 2.75) is 75.3 Å². The summed E-state index contributed by atoms with van der Waals surface area (Å²) in [5, 5.41) is 13.7. The van der Waals surface area contributed by atoms with E-state index in [1.54, 1.807) is 11.0 Å². The van der Waals surface area contributed by atoms with Crippen LogP contribution in [0.1, 0.15) is 56.3 Å². The third-order valence-electron chi connectivity index (χ3n) is 10.1. The van der Waals surface area contributed by atoms with E-state index in [2.05, 4.69) is 28.2 Å². The molecule has 10 nitrogen and oxygen atoms in total. The lowest BCUT2D eigenvalue weighted by Gasteiger charge is -2.39. The number of halogens is 1. The monoisotopic (exact) mass is 733 g/mol. The summed E-state index contributed by atoms with van der Waals surface area (Å²) in [4.78, 5) is 60.1. The molecular weight excluding hydrogens is 690 g/mol. The fraction of sp³-hybridized carbons (Fsp3) is 0.474. The van der Waals surface area contributed by atoms with Gasteiger partial charge in [-0.1, -0.05) is 109 Å². The molecule has 2 aromatic carbocycles. The first-order chi connectivity index (χ1) is 23.8. The van der Waals surface area contributed by atoms with Gasteiger partial charge in [0.2, 0.25) is 17.7 Å². The number of esters is 1. The molecule has 0 aliphatic carbocycles. The van der Waals surface area contributed by atoms with Crippen LogP contribution in [0.15, 0.2) is 83.4 Å². The number of aliphatic hydroxyl groups is 1. The van der Waals surface area contributed by atoms with Gasteiger partial charge in [-0.15, -0.1) is 0 Å². The van der Waals surface area contributed by atoms with E-state index >= 15 is 0 Å². The summed E-state index contributed by atoms with van der Waals surface area (Å²) >= 11 is 3.62. The SMILES string of the molecule is CCCCCN1C/C=C\CCC(=O)NC[C@H](c2ccccc2)OC(=O)[C@H]2[C@@H]3O[C@@]4(C=C3Br)[C@@H]2C(=O)N([C@@H](CO)Cc2ccccc2)[C@@H]4C1=O. The van der Waals surface area contributed by atoms with Crippen molar-refractivity contribution in [3.63, 3.8) is 0 Å². The lowest BCUT2D eigenvalue weighted by atomic mass is 9.74. The molecule has 2 aromatic rings. The fourth-order valence-corrected chi connectivity index (χ4v) is 8.43. The predicted octanol–water partition coefficient (Wildman–Crippen LogP) is 4.23. The van der Waals surface area contributed by atoms with E-state index < -0.39 is 53.6 Å². The molecule has 2 N–H and O–H groups in total. The van der Waals surface area contributed by atoms with Crippen molar-refractivity contribution in [1.82, 2.24) is 15.1 Å². The zero-order valence-corrected chi connectivity index (χ0v) is 29.3. The first-order valence-corrected chi connectivity index (χ1v) is 18.1. The number of unbranched alkanes of at least 4 members (excludes halogenated alkanes) is 2. The van der Waals surface area contributed by atoms with E-state index in [9.17, 15) is 24.3 Å². The molecule has 0 saturated carbocycles. The maximum Gasteiger partial charge on any atom is 0.313 e. The van der Waals surface area contributed by atoms with Crippen molar-refractivity contribution in [3.8, 4) is 0 Å². The number of likely N-dealkylation sites (tertiary alicyclic amines) is 1. The number of carbonyl (C=O) groups excluding carboxylic acids is 4. The number of allylic oxidation sites excluding steroid dienone is 1. The van der Waals surface area contributed by atoms with Crippen LogP contribution in [-0.2, 0) is 35.1 Å². The lowest BCUT2D eigenvalue weighted by Crippen LogP contribution is -2.59. The smallest absolute Gasteiger partial charge is 0.313 e. The number of amides is 3. The fourth-order valence-electron chi connectivity index (χ4n) is 7.70. The predicted molar refractivity (Wildman–Crippen MR) is 186 cm³/mol. The first kappa shape index (κ1) is 35.0. The molecule has 7 atom stereocenters. The Hall–Kier alpha value is -3.80. The Labute approximate surface area is 295 Å². The normalized spacial score (nSPS) is 30.1. The van der Waals surface area contributed by atoms with Gasteiger partial charge in [0.15, 0.2) is 0 Å². The third-order valence-corrected chi connectivity index (χ3v) is 10.8. The average molecular weight is 735 g/mol. The maximum absolute atomic E-state index is 14.9. The number of aliphatic hydroxyl groups excluding tert-OH is 1. The van der Waals surface area contributed by atoms with Crippen molar-refractivity contribution in [2.75, 3.05) is 26.2 Å². The summed E-state index contributed by atoms with van der Waals surface area (Å²) in [6.45, 7) is 2.50. The minimum Gasteiger partial charge on any atom is -0.455 e. The number of benzene rings is 2. The van der Waals surface area contributed by atoms with Crippen molar-refractivity contribution >= 4 is 39.6 Å². The summed E-state index contributed by atoms with van der Waals surface area (Å²) in [6.07, 6.45) is 7.57. The quantitative estimate of drug-likeness (QED) is 0.225. The van der Waals surface area contributed by atoms with Crippen molar-refractivity contribution in [2.24, 2.45) is 11.8 Å². The molecule has 49 heavy (non-hydrogen) atoms. The van der Waals surface area contributed by atoms with Crippen molar-refractivity contribution in [3.05, 3.63) is 94.5 Å². The second kappa shape index (κ2) is 15.4. The number of hydrogen-bond donors (Lipinski definition) is 2. The minimum atomic E-state index is -1.46. The minimum absolute atomic E-state index is 0.0550. The third kappa shape index (κ3) is 6.98. The van der Waals surface area contributed by atoms with Gasteiger partial charge in [-0.05, 0) is 36.5 Å². The first-order valence-electron chi connectivity index (χ1n) is 17.3. The van der Waals surface area contributed by atoms with Crippen LogP contribution in [0.2, 0.25) is 0 Å². The molecule has 3 amide bonds. The molecule has 5 bridgehead atoms.